The van der Waals surface area contributed by atoms with Gasteiger partial charge in [0, 0.05) is 17.6 Å². The van der Waals surface area contributed by atoms with E-state index in [-0.39, 0.29) is 12.5 Å². The predicted molar refractivity (Wildman–Crippen MR) is 70.6 cm³/mol. The highest BCUT2D eigenvalue weighted by atomic mass is 32.1. The topological polar surface area (TPSA) is 70.5 Å². The lowest BCUT2D eigenvalue weighted by atomic mass is 10.0. The fraction of sp³-hybridized carbons (Fsp3) is 0.154. The van der Waals surface area contributed by atoms with Crippen LogP contribution in [0.15, 0.2) is 35.2 Å². The zero-order chi connectivity index (χ0) is 13.4. The molecule has 3 rings (SSSR count). The Kier molecular flexibility index (Phi) is 2.79. The number of aromatic nitrogens is 1. The number of nitrogens with zero attached hydrogens (tertiary/aromatic N) is 2. The molecule has 96 valence electrons. The average molecular weight is 274 g/mol. The maximum absolute atomic E-state index is 12.3. The first-order valence-corrected chi connectivity index (χ1v) is 6.64. The number of anilines is 1. The van der Waals surface area contributed by atoms with E-state index in [0.29, 0.717) is 16.9 Å². The Hall–Kier alpha value is -2.21. The van der Waals surface area contributed by atoms with Crippen molar-refractivity contribution in [1.82, 2.24) is 4.98 Å². The smallest absolute Gasteiger partial charge is 0.312 e. The third kappa shape index (κ3) is 1.90. The van der Waals surface area contributed by atoms with E-state index in [1.807, 2.05) is 0 Å². The normalized spacial score (nSPS) is 17.3. The molecule has 1 atom stereocenters. The zero-order valence-electron chi connectivity index (χ0n) is 9.81. The molecule has 0 radical (unpaired) electrons. The molecule has 2 heterocycles. The Bertz CT molecular complexity index is 639. The first-order valence-electron chi connectivity index (χ1n) is 5.70. The Morgan fingerprint density at radius 1 is 1.37 bits per heavy atom. The predicted octanol–water partition coefficient (Wildman–Crippen LogP) is 1.97. The van der Waals surface area contributed by atoms with Gasteiger partial charge in [-0.1, -0.05) is 18.2 Å². The molecule has 1 N–H and O–H groups in total. The van der Waals surface area contributed by atoms with Crippen LogP contribution in [0.1, 0.15) is 22.0 Å². The third-order valence-electron chi connectivity index (χ3n) is 3.16. The minimum atomic E-state index is -0.916. The molecule has 1 aromatic heterocycles. The van der Waals surface area contributed by atoms with Crippen LogP contribution in [0.5, 0.6) is 0 Å². The van der Waals surface area contributed by atoms with Crippen LogP contribution in [0.3, 0.4) is 0 Å². The third-order valence-corrected chi connectivity index (χ3v) is 3.75. The molecule has 1 aliphatic rings. The van der Waals surface area contributed by atoms with Crippen molar-refractivity contribution >= 4 is 28.9 Å². The summed E-state index contributed by atoms with van der Waals surface area (Å²) in [6, 6.07) is 7.10. The summed E-state index contributed by atoms with van der Waals surface area (Å²) in [6.07, 6.45) is 0. The second-order valence-electron chi connectivity index (χ2n) is 4.24. The summed E-state index contributed by atoms with van der Waals surface area (Å²) in [5.41, 5.74) is 3.28. The lowest BCUT2D eigenvalue weighted by Gasteiger charge is -2.15. The molecular weight excluding hydrogens is 264 g/mol. The molecule has 1 aliphatic heterocycles. The second-order valence-corrected chi connectivity index (χ2v) is 4.96. The Labute approximate surface area is 113 Å². The second kappa shape index (κ2) is 4.47. The van der Waals surface area contributed by atoms with E-state index in [1.54, 1.807) is 35.2 Å². The van der Waals surface area contributed by atoms with Gasteiger partial charge in [-0.05, 0) is 11.6 Å². The van der Waals surface area contributed by atoms with Gasteiger partial charge in [0.25, 0.3) is 5.91 Å². The van der Waals surface area contributed by atoms with Crippen molar-refractivity contribution in [3.63, 3.8) is 0 Å². The fourth-order valence-corrected chi connectivity index (χ4v) is 2.79. The Balaban J connectivity index is 2.01. The number of fused-ring (bicyclic) bond motifs is 1. The zero-order valence-corrected chi connectivity index (χ0v) is 10.6. The van der Waals surface area contributed by atoms with E-state index in [4.69, 9.17) is 0 Å². The van der Waals surface area contributed by atoms with Crippen molar-refractivity contribution in [3.8, 4) is 0 Å². The molecule has 0 saturated carbocycles. The van der Waals surface area contributed by atoms with Gasteiger partial charge in [0.1, 0.15) is 11.6 Å². The number of hydrogen-bond donors (Lipinski definition) is 1. The standard InChI is InChI=1S/C13H10N2O3S/c16-12(10-6-19-7-14-10)15-5-9(13(17)18)8-3-1-2-4-11(8)15/h1-4,6-7,9H,5H2,(H,17,18). The SMILES string of the molecule is O=C(O)C1CN(C(=O)c2cscn2)c2ccccc21. The molecule has 19 heavy (non-hydrogen) atoms. The van der Waals surface area contributed by atoms with E-state index in [9.17, 15) is 14.7 Å². The van der Waals surface area contributed by atoms with Crippen LogP contribution in [-0.2, 0) is 4.79 Å². The van der Waals surface area contributed by atoms with Crippen molar-refractivity contribution in [2.75, 3.05) is 11.4 Å². The lowest BCUT2D eigenvalue weighted by Crippen LogP contribution is -2.31. The molecule has 1 unspecified atom stereocenters. The number of carbonyl (C=O) groups is 2. The van der Waals surface area contributed by atoms with Gasteiger partial charge in [0.2, 0.25) is 0 Å². The number of aliphatic carboxylic acids is 1. The molecular formula is C13H10N2O3S. The summed E-state index contributed by atoms with van der Waals surface area (Å²) in [6.45, 7) is 0.158. The molecule has 0 saturated heterocycles. The summed E-state index contributed by atoms with van der Waals surface area (Å²) in [5, 5.41) is 10.9. The molecule has 0 fully saturated rings. The van der Waals surface area contributed by atoms with Gasteiger partial charge in [0.15, 0.2) is 0 Å². The largest absolute Gasteiger partial charge is 0.481 e. The number of benzene rings is 1. The van der Waals surface area contributed by atoms with Crippen molar-refractivity contribution in [1.29, 1.82) is 0 Å². The van der Waals surface area contributed by atoms with Gasteiger partial charge < -0.3 is 10.0 Å². The van der Waals surface area contributed by atoms with Crippen molar-refractivity contribution in [2.45, 2.75) is 5.92 Å². The highest BCUT2D eigenvalue weighted by Gasteiger charge is 2.36. The van der Waals surface area contributed by atoms with Crippen LogP contribution >= 0.6 is 11.3 Å². The average Bonchev–Trinajstić information content (AvgIpc) is 3.05. The van der Waals surface area contributed by atoms with Crippen molar-refractivity contribution in [3.05, 3.63) is 46.4 Å². The molecule has 0 bridgehead atoms. The molecule has 6 heteroatoms. The van der Waals surface area contributed by atoms with Crippen LogP contribution in [0.2, 0.25) is 0 Å². The number of carboxylic acids is 1. The van der Waals surface area contributed by atoms with Gasteiger partial charge in [0.05, 0.1) is 5.51 Å². The minimum absolute atomic E-state index is 0.158. The minimum Gasteiger partial charge on any atom is -0.481 e. The summed E-state index contributed by atoms with van der Waals surface area (Å²) >= 11 is 1.34. The number of carboxylic acid groups (broad SMARTS) is 1. The quantitative estimate of drug-likeness (QED) is 0.909. The number of hydrogen-bond acceptors (Lipinski definition) is 4. The monoisotopic (exact) mass is 274 g/mol. The van der Waals surface area contributed by atoms with E-state index < -0.39 is 11.9 Å². The molecule has 2 aromatic rings. The lowest BCUT2D eigenvalue weighted by molar-refractivity contribution is -0.138. The highest BCUT2D eigenvalue weighted by Crippen LogP contribution is 2.36. The van der Waals surface area contributed by atoms with Crippen LogP contribution < -0.4 is 4.90 Å². The maximum atomic E-state index is 12.3. The Morgan fingerprint density at radius 3 is 2.84 bits per heavy atom. The number of thiazole rings is 1. The van der Waals surface area contributed by atoms with E-state index >= 15 is 0 Å². The number of rotatable bonds is 2. The molecule has 1 amide bonds. The molecule has 5 nitrogen and oxygen atoms in total. The number of amides is 1. The van der Waals surface area contributed by atoms with Gasteiger partial charge in [-0.3, -0.25) is 9.59 Å². The summed E-state index contributed by atoms with van der Waals surface area (Å²) in [7, 11) is 0. The fourth-order valence-electron chi connectivity index (χ4n) is 2.27. The van der Waals surface area contributed by atoms with E-state index in [0.717, 1.165) is 0 Å². The molecule has 0 spiro atoms. The number of para-hydroxylation sites is 1. The van der Waals surface area contributed by atoms with Gasteiger partial charge in [-0.2, -0.15) is 0 Å². The van der Waals surface area contributed by atoms with E-state index in [1.165, 1.54) is 16.2 Å². The first kappa shape index (κ1) is 11.9. The van der Waals surface area contributed by atoms with Crippen molar-refractivity contribution < 1.29 is 14.7 Å². The first-order chi connectivity index (χ1) is 9.18. The highest BCUT2D eigenvalue weighted by molar-refractivity contribution is 7.07. The maximum Gasteiger partial charge on any atom is 0.312 e. The van der Waals surface area contributed by atoms with Crippen LogP contribution in [0.25, 0.3) is 0 Å². The van der Waals surface area contributed by atoms with Crippen LogP contribution in [-0.4, -0.2) is 28.5 Å². The van der Waals surface area contributed by atoms with Gasteiger partial charge in [-0.15, -0.1) is 11.3 Å². The van der Waals surface area contributed by atoms with Gasteiger partial charge >= 0.3 is 5.97 Å². The summed E-state index contributed by atoms with van der Waals surface area (Å²) in [5.74, 6) is -1.84. The van der Waals surface area contributed by atoms with Crippen molar-refractivity contribution in [2.24, 2.45) is 0 Å². The molecule has 1 aromatic carbocycles. The van der Waals surface area contributed by atoms with Crippen LogP contribution in [0.4, 0.5) is 5.69 Å². The van der Waals surface area contributed by atoms with Gasteiger partial charge in [-0.25, -0.2) is 4.98 Å². The summed E-state index contributed by atoms with van der Waals surface area (Å²) < 4.78 is 0. The molecule has 0 aliphatic carbocycles. The van der Waals surface area contributed by atoms with E-state index in [2.05, 4.69) is 4.98 Å². The van der Waals surface area contributed by atoms with Crippen LogP contribution in [0, 0.1) is 0 Å². The Morgan fingerprint density at radius 2 is 2.16 bits per heavy atom. The summed E-state index contributed by atoms with van der Waals surface area (Å²) in [4.78, 5) is 29.1. The number of carbonyl (C=O) groups excluding carboxylic acids is 1.